The predicted octanol–water partition coefficient (Wildman–Crippen LogP) is 3.33. The average Bonchev–Trinajstić information content (AvgIpc) is 2.89. The number of ether oxygens (including phenoxy) is 3. The van der Waals surface area contributed by atoms with E-state index in [0.717, 1.165) is 5.56 Å². The molecule has 38 heavy (non-hydrogen) atoms. The summed E-state index contributed by atoms with van der Waals surface area (Å²) in [6.07, 6.45) is -0.139. The molecule has 0 radical (unpaired) electrons. The van der Waals surface area contributed by atoms with E-state index in [1.807, 2.05) is 37.2 Å². The number of likely N-dealkylation sites (N-methyl/N-ethyl adjacent to an activating group) is 1. The first-order valence-corrected chi connectivity index (χ1v) is 11.9. The van der Waals surface area contributed by atoms with E-state index in [1.165, 1.54) is 19.2 Å². The van der Waals surface area contributed by atoms with Crippen LogP contribution in [0.2, 0.25) is 0 Å². The molecule has 2 aromatic carbocycles. The molecule has 10 heteroatoms. The fourth-order valence-electron chi connectivity index (χ4n) is 4.26. The standard InChI is InChI=1S/C28H34N2O8/c1-16-11-22(32)27(34)28(38-16)19(17-7-9-21(31)24(12-17)36-5)14-26(33)29-15-20(30(2)3)18-8-10-23(35-4)25(13-18)37-6/h7-13,19-20,31,34H,14-15H2,1-6H3,(H,29,33)/t19-,20-/m0/s1. The van der Waals surface area contributed by atoms with Crippen LogP contribution in [-0.2, 0) is 4.79 Å². The third kappa shape index (κ3) is 6.38. The van der Waals surface area contributed by atoms with Crippen molar-refractivity contribution in [1.29, 1.82) is 0 Å². The van der Waals surface area contributed by atoms with Gasteiger partial charge in [0.2, 0.25) is 17.1 Å². The Hall–Kier alpha value is -4.18. The molecule has 1 aromatic heterocycles. The summed E-state index contributed by atoms with van der Waals surface area (Å²) in [5.41, 5.74) is 0.819. The van der Waals surface area contributed by atoms with Crippen LogP contribution in [-0.4, -0.2) is 63.0 Å². The van der Waals surface area contributed by atoms with Gasteiger partial charge in [-0.15, -0.1) is 0 Å². The summed E-state index contributed by atoms with van der Waals surface area (Å²) in [7, 11) is 8.33. The lowest BCUT2D eigenvalue weighted by Gasteiger charge is -2.26. The number of amides is 1. The fraction of sp³-hybridized carbons (Fsp3) is 0.357. The molecule has 3 rings (SSSR count). The van der Waals surface area contributed by atoms with Gasteiger partial charge in [0, 0.05) is 19.0 Å². The van der Waals surface area contributed by atoms with Gasteiger partial charge in [-0.3, -0.25) is 9.59 Å². The number of nitrogens with one attached hydrogen (secondary N) is 1. The number of carbonyl (C=O) groups is 1. The zero-order valence-corrected chi connectivity index (χ0v) is 22.4. The fourth-order valence-corrected chi connectivity index (χ4v) is 4.26. The Morgan fingerprint density at radius 3 is 2.21 bits per heavy atom. The Morgan fingerprint density at radius 2 is 1.58 bits per heavy atom. The minimum atomic E-state index is -0.823. The smallest absolute Gasteiger partial charge is 0.227 e. The highest BCUT2D eigenvalue weighted by molar-refractivity contribution is 5.77. The van der Waals surface area contributed by atoms with E-state index in [0.29, 0.717) is 22.8 Å². The van der Waals surface area contributed by atoms with Gasteiger partial charge in [0.25, 0.3) is 0 Å². The summed E-state index contributed by atoms with van der Waals surface area (Å²) >= 11 is 0. The summed E-state index contributed by atoms with van der Waals surface area (Å²) in [5, 5.41) is 23.5. The molecule has 0 saturated carbocycles. The molecule has 2 atom stereocenters. The highest BCUT2D eigenvalue weighted by Crippen LogP contribution is 2.37. The molecule has 0 aliphatic carbocycles. The number of methoxy groups -OCH3 is 3. The zero-order valence-electron chi connectivity index (χ0n) is 22.4. The lowest BCUT2D eigenvalue weighted by molar-refractivity contribution is -0.121. The highest BCUT2D eigenvalue weighted by Gasteiger charge is 2.27. The largest absolute Gasteiger partial charge is 0.504 e. The average molecular weight is 527 g/mol. The molecular formula is C28H34N2O8. The van der Waals surface area contributed by atoms with Crippen LogP contribution in [0.1, 0.15) is 41.0 Å². The third-order valence-corrected chi connectivity index (χ3v) is 6.29. The molecule has 0 fully saturated rings. The molecule has 0 unspecified atom stereocenters. The van der Waals surface area contributed by atoms with E-state index in [2.05, 4.69) is 5.32 Å². The van der Waals surface area contributed by atoms with Gasteiger partial charge >= 0.3 is 0 Å². The quantitative estimate of drug-likeness (QED) is 0.344. The molecule has 0 spiro atoms. The van der Waals surface area contributed by atoms with Crippen LogP contribution >= 0.6 is 0 Å². The molecule has 10 nitrogen and oxygen atoms in total. The lowest BCUT2D eigenvalue weighted by atomic mass is 9.91. The molecule has 0 aliphatic heterocycles. The maximum atomic E-state index is 13.2. The monoisotopic (exact) mass is 526 g/mol. The number of aryl methyl sites for hydroxylation is 1. The summed E-state index contributed by atoms with van der Waals surface area (Å²) in [6, 6.07) is 11.1. The van der Waals surface area contributed by atoms with Crippen molar-refractivity contribution < 1.29 is 33.6 Å². The Balaban J connectivity index is 1.90. The van der Waals surface area contributed by atoms with Gasteiger partial charge in [0.1, 0.15) is 5.76 Å². The summed E-state index contributed by atoms with van der Waals surface area (Å²) in [4.78, 5) is 27.5. The number of hydrogen-bond acceptors (Lipinski definition) is 9. The lowest BCUT2D eigenvalue weighted by Crippen LogP contribution is -2.35. The molecule has 0 saturated heterocycles. The van der Waals surface area contributed by atoms with Gasteiger partial charge in [-0.05, 0) is 56.4 Å². The first-order chi connectivity index (χ1) is 18.1. The van der Waals surface area contributed by atoms with Crippen LogP contribution in [0.25, 0.3) is 0 Å². The van der Waals surface area contributed by atoms with Crippen LogP contribution in [0.4, 0.5) is 0 Å². The maximum absolute atomic E-state index is 13.2. The number of aromatic hydroxyl groups is 2. The molecule has 1 heterocycles. The minimum absolute atomic E-state index is 0.0399. The second-order valence-corrected chi connectivity index (χ2v) is 9.02. The van der Waals surface area contributed by atoms with E-state index < -0.39 is 17.1 Å². The van der Waals surface area contributed by atoms with Gasteiger partial charge in [0.15, 0.2) is 28.8 Å². The summed E-state index contributed by atoms with van der Waals surface area (Å²) in [6.45, 7) is 1.86. The van der Waals surface area contributed by atoms with E-state index >= 15 is 0 Å². The van der Waals surface area contributed by atoms with Gasteiger partial charge in [-0.25, -0.2) is 0 Å². The summed E-state index contributed by atoms with van der Waals surface area (Å²) in [5.74, 6) is -0.201. The van der Waals surface area contributed by atoms with E-state index in [4.69, 9.17) is 18.6 Å². The van der Waals surface area contributed by atoms with Crippen molar-refractivity contribution in [2.75, 3.05) is 42.0 Å². The predicted molar refractivity (Wildman–Crippen MR) is 141 cm³/mol. The number of phenols is 1. The first-order valence-electron chi connectivity index (χ1n) is 11.9. The van der Waals surface area contributed by atoms with Crippen molar-refractivity contribution >= 4 is 5.91 Å². The van der Waals surface area contributed by atoms with Crippen LogP contribution in [0, 0.1) is 6.92 Å². The van der Waals surface area contributed by atoms with Gasteiger partial charge in [-0.2, -0.15) is 0 Å². The van der Waals surface area contributed by atoms with Crippen LogP contribution in [0.3, 0.4) is 0 Å². The second-order valence-electron chi connectivity index (χ2n) is 9.02. The first kappa shape index (κ1) is 28.4. The van der Waals surface area contributed by atoms with Crippen molar-refractivity contribution in [2.45, 2.75) is 25.3 Å². The third-order valence-electron chi connectivity index (χ3n) is 6.29. The Labute approximate surface area is 221 Å². The van der Waals surface area contributed by atoms with Crippen molar-refractivity contribution in [2.24, 2.45) is 0 Å². The Morgan fingerprint density at radius 1 is 0.947 bits per heavy atom. The summed E-state index contributed by atoms with van der Waals surface area (Å²) < 4.78 is 21.7. The molecule has 3 aromatic rings. The van der Waals surface area contributed by atoms with Crippen molar-refractivity contribution in [3.8, 4) is 28.7 Å². The van der Waals surface area contributed by atoms with E-state index in [-0.39, 0.29) is 42.2 Å². The number of rotatable bonds is 11. The van der Waals surface area contributed by atoms with Crippen LogP contribution in [0.5, 0.6) is 28.7 Å². The number of benzene rings is 2. The van der Waals surface area contributed by atoms with Crippen molar-refractivity contribution in [1.82, 2.24) is 10.2 Å². The maximum Gasteiger partial charge on any atom is 0.227 e. The van der Waals surface area contributed by atoms with E-state index in [1.54, 1.807) is 33.3 Å². The number of nitrogens with zero attached hydrogens (tertiary/aromatic N) is 1. The Kier molecular flexibility index (Phi) is 9.25. The minimum Gasteiger partial charge on any atom is -0.504 e. The molecule has 1 amide bonds. The number of hydrogen-bond donors (Lipinski definition) is 3. The Bertz CT molecular complexity index is 1330. The molecule has 0 bridgehead atoms. The van der Waals surface area contributed by atoms with Gasteiger partial charge in [-0.1, -0.05) is 12.1 Å². The van der Waals surface area contributed by atoms with Gasteiger partial charge in [0.05, 0.1) is 33.3 Å². The van der Waals surface area contributed by atoms with Crippen LogP contribution in [0.15, 0.2) is 51.7 Å². The SMILES string of the molecule is COc1cc([C@H](CC(=O)NC[C@@H](c2ccc(OC)c(OC)c2)N(C)C)c2oc(C)cc(=O)c2O)ccc1O. The van der Waals surface area contributed by atoms with Crippen molar-refractivity contribution in [3.05, 3.63) is 75.3 Å². The molecule has 0 aliphatic rings. The molecular weight excluding hydrogens is 492 g/mol. The number of phenolic OH excluding ortho intramolecular Hbond substituents is 1. The second kappa shape index (κ2) is 12.4. The van der Waals surface area contributed by atoms with Gasteiger partial charge < -0.3 is 39.1 Å². The molecule has 204 valence electrons. The number of carbonyl (C=O) groups excluding carboxylic acids is 1. The topological polar surface area (TPSA) is 131 Å². The highest BCUT2D eigenvalue weighted by atomic mass is 16.5. The zero-order chi connectivity index (χ0) is 28.0. The van der Waals surface area contributed by atoms with E-state index in [9.17, 15) is 19.8 Å². The normalized spacial score (nSPS) is 12.6. The van der Waals surface area contributed by atoms with Crippen LogP contribution < -0.4 is 25.0 Å². The molecule has 3 N–H and O–H groups in total. The van der Waals surface area contributed by atoms with Crippen molar-refractivity contribution in [3.63, 3.8) is 0 Å².